The first-order valence-corrected chi connectivity index (χ1v) is 5.45. The van der Waals surface area contributed by atoms with E-state index in [0.29, 0.717) is 25.4 Å². The van der Waals surface area contributed by atoms with Crippen molar-refractivity contribution in [2.45, 2.75) is 13.5 Å². The highest BCUT2D eigenvalue weighted by Gasteiger charge is 2.06. The number of phenols is 1. The molecule has 0 fully saturated rings. The number of ether oxygens (including phenoxy) is 1. The van der Waals surface area contributed by atoms with Crippen molar-refractivity contribution in [2.75, 3.05) is 20.2 Å². The first-order chi connectivity index (χ1) is 8.15. The Morgan fingerprint density at radius 1 is 1.41 bits per heavy atom. The van der Waals surface area contributed by atoms with Gasteiger partial charge in [0.1, 0.15) is 0 Å². The van der Waals surface area contributed by atoms with Crippen molar-refractivity contribution in [3.8, 4) is 11.5 Å². The summed E-state index contributed by atoms with van der Waals surface area (Å²) in [5.41, 5.74) is 0.771. The lowest BCUT2D eigenvalue weighted by Gasteiger charge is -2.09. The molecule has 1 aromatic carbocycles. The zero-order valence-corrected chi connectivity index (χ0v) is 10.1. The van der Waals surface area contributed by atoms with E-state index in [9.17, 15) is 9.90 Å². The average molecular weight is 238 g/mol. The molecule has 0 aliphatic rings. The maximum Gasteiger partial charge on any atom is 0.216 e. The maximum atomic E-state index is 10.6. The number of hydrogen-bond acceptors (Lipinski definition) is 4. The van der Waals surface area contributed by atoms with Crippen LogP contribution in [0.1, 0.15) is 12.5 Å². The SMILES string of the molecule is COc1cccc(CNCCNC(C)=O)c1O. The molecule has 0 aromatic heterocycles. The fourth-order valence-electron chi connectivity index (χ4n) is 1.43. The van der Waals surface area contributed by atoms with E-state index in [1.165, 1.54) is 14.0 Å². The molecular weight excluding hydrogens is 220 g/mol. The van der Waals surface area contributed by atoms with Gasteiger partial charge in [0.15, 0.2) is 11.5 Å². The Labute approximate surface area is 101 Å². The minimum Gasteiger partial charge on any atom is -0.504 e. The fraction of sp³-hybridized carbons (Fsp3) is 0.417. The molecule has 5 nitrogen and oxygen atoms in total. The van der Waals surface area contributed by atoms with Gasteiger partial charge in [-0.05, 0) is 6.07 Å². The molecule has 0 radical (unpaired) electrons. The second-order valence-corrected chi connectivity index (χ2v) is 3.63. The number of methoxy groups -OCH3 is 1. The Bertz CT molecular complexity index is 380. The summed E-state index contributed by atoms with van der Waals surface area (Å²) in [6, 6.07) is 5.35. The molecule has 0 bridgehead atoms. The van der Waals surface area contributed by atoms with E-state index in [0.717, 1.165) is 5.56 Å². The molecule has 94 valence electrons. The number of carbonyl (C=O) groups is 1. The Kier molecular flexibility index (Phi) is 5.29. The molecule has 0 spiro atoms. The normalized spacial score (nSPS) is 10.0. The van der Waals surface area contributed by atoms with Crippen LogP contribution in [0, 0.1) is 0 Å². The summed E-state index contributed by atoms with van der Waals surface area (Å²) >= 11 is 0. The van der Waals surface area contributed by atoms with Crippen LogP contribution in [0.5, 0.6) is 11.5 Å². The molecule has 1 amide bonds. The van der Waals surface area contributed by atoms with E-state index in [1.807, 2.05) is 12.1 Å². The van der Waals surface area contributed by atoms with Gasteiger partial charge in [-0.25, -0.2) is 0 Å². The smallest absolute Gasteiger partial charge is 0.216 e. The van der Waals surface area contributed by atoms with Crippen molar-refractivity contribution in [1.29, 1.82) is 0 Å². The lowest BCUT2D eigenvalue weighted by molar-refractivity contribution is -0.118. The summed E-state index contributed by atoms with van der Waals surface area (Å²) in [6.07, 6.45) is 0. The van der Waals surface area contributed by atoms with Crippen molar-refractivity contribution in [3.63, 3.8) is 0 Å². The molecule has 0 aliphatic carbocycles. The van der Waals surface area contributed by atoms with Gasteiger partial charge < -0.3 is 20.5 Å². The van der Waals surface area contributed by atoms with Crippen LogP contribution >= 0.6 is 0 Å². The predicted octanol–water partition coefficient (Wildman–Crippen LogP) is 0.627. The summed E-state index contributed by atoms with van der Waals surface area (Å²) < 4.78 is 5.01. The quantitative estimate of drug-likeness (QED) is 0.636. The number of benzene rings is 1. The van der Waals surface area contributed by atoms with Crippen LogP contribution in [0.4, 0.5) is 0 Å². The van der Waals surface area contributed by atoms with Gasteiger partial charge in [0.05, 0.1) is 7.11 Å². The summed E-state index contributed by atoms with van der Waals surface area (Å²) in [4.78, 5) is 10.6. The molecule has 3 N–H and O–H groups in total. The first kappa shape index (κ1) is 13.3. The Hall–Kier alpha value is -1.75. The zero-order chi connectivity index (χ0) is 12.7. The number of nitrogens with one attached hydrogen (secondary N) is 2. The van der Waals surface area contributed by atoms with Crippen LogP contribution in [0.15, 0.2) is 18.2 Å². The third-order valence-corrected chi connectivity index (χ3v) is 2.29. The van der Waals surface area contributed by atoms with Gasteiger partial charge in [-0.15, -0.1) is 0 Å². The molecule has 1 aromatic rings. The summed E-state index contributed by atoms with van der Waals surface area (Å²) in [5.74, 6) is 0.573. The lowest BCUT2D eigenvalue weighted by atomic mass is 10.2. The van der Waals surface area contributed by atoms with Crippen molar-refractivity contribution in [2.24, 2.45) is 0 Å². The van der Waals surface area contributed by atoms with Crippen LogP contribution in [-0.4, -0.2) is 31.2 Å². The third-order valence-electron chi connectivity index (χ3n) is 2.29. The molecule has 0 atom stereocenters. The zero-order valence-electron chi connectivity index (χ0n) is 10.1. The van der Waals surface area contributed by atoms with E-state index in [-0.39, 0.29) is 11.7 Å². The Balaban J connectivity index is 2.39. The molecule has 0 saturated carbocycles. The molecule has 0 unspecified atom stereocenters. The summed E-state index contributed by atoms with van der Waals surface area (Å²) in [7, 11) is 1.52. The second kappa shape index (κ2) is 6.75. The fourth-order valence-corrected chi connectivity index (χ4v) is 1.43. The number of para-hydroxylation sites is 1. The van der Waals surface area contributed by atoms with E-state index in [4.69, 9.17) is 4.74 Å². The predicted molar refractivity (Wildman–Crippen MR) is 65.0 cm³/mol. The second-order valence-electron chi connectivity index (χ2n) is 3.63. The molecule has 17 heavy (non-hydrogen) atoms. The standard InChI is InChI=1S/C12H18N2O3/c1-9(15)14-7-6-13-8-10-4-3-5-11(17-2)12(10)16/h3-5,13,16H,6-8H2,1-2H3,(H,14,15). The third kappa shape index (κ3) is 4.32. The minimum atomic E-state index is -0.0453. The van der Waals surface area contributed by atoms with Crippen molar-refractivity contribution < 1.29 is 14.6 Å². The molecule has 0 aliphatic heterocycles. The number of aromatic hydroxyl groups is 1. The highest BCUT2D eigenvalue weighted by atomic mass is 16.5. The molecule has 0 saturated heterocycles. The molecular formula is C12H18N2O3. The van der Waals surface area contributed by atoms with Crippen molar-refractivity contribution in [3.05, 3.63) is 23.8 Å². The topological polar surface area (TPSA) is 70.6 Å². The van der Waals surface area contributed by atoms with Gasteiger partial charge in [0, 0.05) is 32.1 Å². The highest BCUT2D eigenvalue weighted by Crippen LogP contribution is 2.28. The van der Waals surface area contributed by atoms with E-state index < -0.39 is 0 Å². The summed E-state index contributed by atoms with van der Waals surface area (Å²) in [5, 5.41) is 15.6. The molecule has 1 rings (SSSR count). The minimum absolute atomic E-state index is 0.0453. The number of hydrogen-bond donors (Lipinski definition) is 3. The van der Waals surface area contributed by atoms with Crippen LogP contribution in [-0.2, 0) is 11.3 Å². The largest absolute Gasteiger partial charge is 0.504 e. The summed E-state index contributed by atoms with van der Waals surface area (Å²) in [6.45, 7) is 3.23. The van der Waals surface area contributed by atoms with Crippen LogP contribution in [0.25, 0.3) is 0 Å². The Morgan fingerprint density at radius 2 is 2.18 bits per heavy atom. The van der Waals surface area contributed by atoms with Gasteiger partial charge >= 0.3 is 0 Å². The number of phenolic OH excluding ortho intramolecular Hbond substituents is 1. The van der Waals surface area contributed by atoms with Crippen LogP contribution < -0.4 is 15.4 Å². The number of amides is 1. The molecule has 5 heteroatoms. The van der Waals surface area contributed by atoms with Crippen LogP contribution in [0.2, 0.25) is 0 Å². The first-order valence-electron chi connectivity index (χ1n) is 5.45. The highest BCUT2D eigenvalue weighted by molar-refractivity contribution is 5.72. The van der Waals surface area contributed by atoms with Crippen molar-refractivity contribution in [1.82, 2.24) is 10.6 Å². The maximum absolute atomic E-state index is 10.6. The average Bonchev–Trinajstić information content (AvgIpc) is 2.30. The van der Waals surface area contributed by atoms with Gasteiger partial charge in [0.2, 0.25) is 5.91 Å². The van der Waals surface area contributed by atoms with E-state index >= 15 is 0 Å². The van der Waals surface area contributed by atoms with Gasteiger partial charge in [-0.1, -0.05) is 12.1 Å². The van der Waals surface area contributed by atoms with E-state index in [1.54, 1.807) is 6.07 Å². The number of rotatable bonds is 6. The lowest BCUT2D eigenvalue weighted by Crippen LogP contribution is -2.29. The van der Waals surface area contributed by atoms with Crippen molar-refractivity contribution >= 4 is 5.91 Å². The van der Waals surface area contributed by atoms with Crippen LogP contribution in [0.3, 0.4) is 0 Å². The van der Waals surface area contributed by atoms with Gasteiger partial charge in [-0.2, -0.15) is 0 Å². The number of carbonyl (C=O) groups excluding carboxylic acids is 1. The van der Waals surface area contributed by atoms with Gasteiger partial charge in [0.25, 0.3) is 0 Å². The van der Waals surface area contributed by atoms with E-state index in [2.05, 4.69) is 10.6 Å². The Morgan fingerprint density at radius 3 is 2.82 bits per heavy atom. The van der Waals surface area contributed by atoms with Gasteiger partial charge in [-0.3, -0.25) is 4.79 Å². The monoisotopic (exact) mass is 238 g/mol. The molecule has 0 heterocycles.